The van der Waals surface area contributed by atoms with Crippen molar-refractivity contribution in [3.63, 3.8) is 0 Å². The van der Waals surface area contributed by atoms with Crippen LogP contribution in [0.5, 0.6) is 5.75 Å². The molecule has 2 N–H and O–H groups in total. The number of carbonyl (C=O) groups is 1. The minimum Gasteiger partial charge on any atom is -0.506 e. The van der Waals surface area contributed by atoms with Crippen LogP contribution in [-0.4, -0.2) is 18.2 Å². The van der Waals surface area contributed by atoms with Crippen molar-refractivity contribution in [2.45, 2.75) is 0 Å². The Bertz CT molecular complexity index is 661. The van der Waals surface area contributed by atoms with Crippen molar-refractivity contribution in [3.8, 4) is 5.75 Å². The predicted octanol–water partition coefficient (Wildman–Crippen LogP) is 3.71. The SMILES string of the molecule is COC(=O)c1ccc(Nc2cc(F)ccc2O)c(Cl)c1. The second kappa shape index (κ2) is 5.79. The summed E-state index contributed by atoms with van der Waals surface area (Å²) in [6, 6.07) is 7.98. The minimum absolute atomic E-state index is 0.112. The molecule has 0 saturated heterocycles. The molecule has 6 heteroatoms. The van der Waals surface area contributed by atoms with Crippen molar-refractivity contribution < 1.29 is 19.0 Å². The number of methoxy groups -OCH3 is 1. The van der Waals surface area contributed by atoms with E-state index in [2.05, 4.69) is 10.1 Å². The quantitative estimate of drug-likeness (QED) is 0.669. The Kier molecular flexibility index (Phi) is 4.10. The van der Waals surface area contributed by atoms with E-state index >= 15 is 0 Å². The van der Waals surface area contributed by atoms with Gasteiger partial charge in [0.15, 0.2) is 0 Å². The Morgan fingerprint density at radius 3 is 2.65 bits per heavy atom. The van der Waals surface area contributed by atoms with Gasteiger partial charge in [-0.2, -0.15) is 0 Å². The van der Waals surface area contributed by atoms with Crippen LogP contribution in [-0.2, 0) is 4.74 Å². The largest absolute Gasteiger partial charge is 0.506 e. The van der Waals surface area contributed by atoms with E-state index in [-0.39, 0.29) is 16.5 Å². The summed E-state index contributed by atoms with van der Waals surface area (Å²) in [5, 5.41) is 12.7. The van der Waals surface area contributed by atoms with Gasteiger partial charge in [0.2, 0.25) is 0 Å². The number of nitrogens with one attached hydrogen (secondary N) is 1. The molecule has 0 aliphatic carbocycles. The number of anilines is 2. The van der Waals surface area contributed by atoms with E-state index in [9.17, 15) is 14.3 Å². The fourth-order valence-electron chi connectivity index (χ4n) is 1.61. The Morgan fingerprint density at radius 1 is 1.25 bits per heavy atom. The average molecular weight is 296 g/mol. The van der Waals surface area contributed by atoms with Crippen LogP contribution in [0.4, 0.5) is 15.8 Å². The molecule has 0 bridgehead atoms. The first kappa shape index (κ1) is 14.1. The lowest BCUT2D eigenvalue weighted by atomic mass is 10.2. The van der Waals surface area contributed by atoms with Crippen LogP contribution < -0.4 is 5.32 Å². The number of carbonyl (C=O) groups excluding carboxylic acids is 1. The van der Waals surface area contributed by atoms with Gasteiger partial charge in [-0.05, 0) is 30.3 Å². The van der Waals surface area contributed by atoms with Crippen molar-refractivity contribution in [1.82, 2.24) is 0 Å². The van der Waals surface area contributed by atoms with Crippen LogP contribution >= 0.6 is 11.6 Å². The fraction of sp³-hybridized carbons (Fsp3) is 0.0714. The van der Waals surface area contributed by atoms with Crippen molar-refractivity contribution in [2.75, 3.05) is 12.4 Å². The first-order valence-corrected chi connectivity index (χ1v) is 6.02. The average Bonchev–Trinajstić information content (AvgIpc) is 2.44. The molecule has 0 amide bonds. The summed E-state index contributed by atoms with van der Waals surface area (Å²) in [7, 11) is 1.27. The maximum absolute atomic E-state index is 13.1. The smallest absolute Gasteiger partial charge is 0.337 e. The standard InChI is InChI=1S/C14H11ClFNO3/c1-20-14(19)8-2-4-11(10(15)6-8)17-12-7-9(16)3-5-13(12)18/h2-7,17-18H,1H3. The van der Waals surface area contributed by atoms with E-state index in [1.54, 1.807) is 6.07 Å². The highest BCUT2D eigenvalue weighted by molar-refractivity contribution is 6.33. The van der Waals surface area contributed by atoms with Gasteiger partial charge in [0.1, 0.15) is 11.6 Å². The van der Waals surface area contributed by atoms with Gasteiger partial charge in [0.25, 0.3) is 0 Å². The van der Waals surface area contributed by atoms with Crippen LogP contribution in [0.15, 0.2) is 36.4 Å². The number of phenolic OH excluding ortho intramolecular Hbond substituents is 1. The van der Waals surface area contributed by atoms with E-state index in [0.29, 0.717) is 11.3 Å². The highest BCUT2D eigenvalue weighted by Crippen LogP contribution is 2.31. The van der Waals surface area contributed by atoms with Gasteiger partial charge < -0.3 is 15.2 Å². The zero-order valence-electron chi connectivity index (χ0n) is 10.5. The molecule has 0 aliphatic rings. The number of halogens is 2. The highest BCUT2D eigenvalue weighted by Gasteiger charge is 2.10. The van der Waals surface area contributed by atoms with Crippen molar-refractivity contribution >= 4 is 28.9 Å². The van der Waals surface area contributed by atoms with Gasteiger partial charge in [0, 0.05) is 6.07 Å². The van der Waals surface area contributed by atoms with E-state index in [1.165, 1.54) is 25.3 Å². The number of ether oxygens (including phenoxy) is 1. The van der Waals surface area contributed by atoms with Crippen LogP contribution in [0.25, 0.3) is 0 Å². The van der Waals surface area contributed by atoms with E-state index in [0.717, 1.165) is 12.1 Å². The summed E-state index contributed by atoms with van der Waals surface area (Å²) < 4.78 is 17.7. The molecule has 0 spiro atoms. The molecule has 0 atom stereocenters. The Labute approximate surface area is 119 Å². The fourth-order valence-corrected chi connectivity index (χ4v) is 1.84. The zero-order chi connectivity index (χ0) is 14.7. The molecule has 4 nitrogen and oxygen atoms in total. The minimum atomic E-state index is -0.507. The third-order valence-electron chi connectivity index (χ3n) is 2.62. The molecule has 104 valence electrons. The molecule has 0 heterocycles. The number of hydrogen-bond donors (Lipinski definition) is 2. The molecule has 0 aliphatic heterocycles. The monoisotopic (exact) mass is 295 g/mol. The third-order valence-corrected chi connectivity index (χ3v) is 2.93. The number of esters is 1. The highest BCUT2D eigenvalue weighted by atomic mass is 35.5. The van der Waals surface area contributed by atoms with Gasteiger partial charge >= 0.3 is 5.97 Å². The van der Waals surface area contributed by atoms with Gasteiger partial charge in [0.05, 0.1) is 29.1 Å². The summed E-state index contributed by atoms with van der Waals surface area (Å²) in [6.07, 6.45) is 0. The van der Waals surface area contributed by atoms with Crippen molar-refractivity contribution in [3.05, 3.63) is 52.8 Å². The molecular formula is C14H11ClFNO3. The molecule has 2 rings (SSSR count). The second-order valence-electron chi connectivity index (χ2n) is 3.97. The maximum atomic E-state index is 13.1. The number of phenols is 1. The molecule has 0 fully saturated rings. The molecule has 2 aromatic rings. The maximum Gasteiger partial charge on any atom is 0.337 e. The van der Waals surface area contributed by atoms with Gasteiger partial charge in [-0.1, -0.05) is 11.6 Å². The first-order valence-electron chi connectivity index (χ1n) is 5.64. The van der Waals surface area contributed by atoms with E-state index in [1.807, 2.05) is 0 Å². The number of benzene rings is 2. The summed E-state index contributed by atoms with van der Waals surface area (Å²) >= 11 is 6.03. The predicted molar refractivity (Wildman–Crippen MR) is 74.1 cm³/mol. The first-order chi connectivity index (χ1) is 9.51. The summed E-state index contributed by atoms with van der Waals surface area (Å²) in [4.78, 5) is 11.3. The number of rotatable bonds is 3. The van der Waals surface area contributed by atoms with Gasteiger partial charge in [-0.25, -0.2) is 9.18 Å². The molecule has 0 aromatic heterocycles. The van der Waals surface area contributed by atoms with Crippen molar-refractivity contribution in [2.24, 2.45) is 0 Å². The summed E-state index contributed by atoms with van der Waals surface area (Å²) in [5.74, 6) is -1.11. The topological polar surface area (TPSA) is 58.6 Å². The van der Waals surface area contributed by atoms with Crippen LogP contribution in [0.2, 0.25) is 5.02 Å². The lowest BCUT2D eigenvalue weighted by molar-refractivity contribution is 0.0601. The number of aromatic hydroxyl groups is 1. The van der Waals surface area contributed by atoms with Gasteiger partial charge in [-0.15, -0.1) is 0 Å². The van der Waals surface area contributed by atoms with E-state index < -0.39 is 11.8 Å². The third kappa shape index (κ3) is 3.00. The Hall–Kier alpha value is -2.27. The molecule has 2 aromatic carbocycles. The molecule has 0 unspecified atom stereocenters. The van der Waals surface area contributed by atoms with Crippen LogP contribution in [0.3, 0.4) is 0 Å². The lowest BCUT2D eigenvalue weighted by Crippen LogP contribution is -2.01. The second-order valence-corrected chi connectivity index (χ2v) is 4.38. The van der Waals surface area contributed by atoms with Crippen LogP contribution in [0.1, 0.15) is 10.4 Å². The molecule has 20 heavy (non-hydrogen) atoms. The van der Waals surface area contributed by atoms with Crippen molar-refractivity contribution in [1.29, 1.82) is 0 Å². The molecular weight excluding hydrogens is 285 g/mol. The number of hydrogen-bond acceptors (Lipinski definition) is 4. The lowest BCUT2D eigenvalue weighted by Gasteiger charge is -2.11. The zero-order valence-corrected chi connectivity index (χ0v) is 11.2. The van der Waals surface area contributed by atoms with Gasteiger partial charge in [-0.3, -0.25) is 0 Å². The normalized spacial score (nSPS) is 10.2. The van der Waals surface area contributed by atoms with Crippen LogP contribution in [0, 0.1) is 5.82 Å². The molecule has 0 saturated carbocycles. The Morgan fingerprint density at radius 2 is 2.00 bits per heavy atom. The molecule has 0 radical (unpaired) electrons. The summed E-state index contributed by atoms with van der Waals surface area (Å²) in [6.45, 7) is 0. The summed E-state index contributed by atoms with van der Waals surface area (Å²) in [5.41, 5.74) is 0.907. The Balaban J connectivity index is 2.30. The van der Waals surface area contributed by atoms with E-state index in [4.69, 9.17) is 11.6 Å².